The third-order valence-corrected chi connectivity index (χ3v) is 3.01. The van der Waals surface area contributed by atoms with Gasteiger partial charge in [-0.25, -0.2) is 0 Å². The highest BCUT2D eigenvalue weighted by Crippen LogP contribution is 2.20. The lowest BCUT2D eigenvalue weighted by Gasteiger charge is -2.19. The van der Waals surface area contributed by atoms with Gasteiger partial charge >= 0.3 is 0 Å². The van der Waals surface area contributed by atoms with Crippen LogP contribution < -0.4 is 5.32 Å². The van der Waals surface area contributed by atoms with Gasteiger partial charge in [-0.05, 0) is 27.7 Å². The van der Waals surface area contributed by atoms with E-state index in [0.29, 0.717) is 5.69 Å². The van der Waals surface area contributed by atoms with E-state index in [9.17, 15) is 4.79 Å². The lowest BCUT2D eigenvalue weighted by Crippen LogP contribution is -2.32. The first-order valence-corrected chi connectivity index (χ1v) is 5.82. The number of aromatic nitrogens is 2. The van der Waals surface area contributed by atoms with E-state index in [4.69, 9.17) is 11.6 Å². The molecule has 0 aliphatic rings. The summed E-state index contributed by atoms with van der Waals surface area (Å²) in [6.07, 6.45) is 3.45. The van der Waals surface area contributed by atoms with Crippen molar-refractivity contribution >= 4 is 23.2 Å². The Hall–Kier alpha value is -1.03. The minimum atomic E-state index is -0.568. The molecule has 0 saturated heterocycles. The van der Waals surface area contributed by atoms with Crippen LogP contribution in [-0.2, 0) is 4.79 Å². The second kappa shape index (κ2) is 4.87. The molecule has 0 spiro atoms. The summed E-state index contributed by atoms with van der Waals surface area (Å²) < 4.78 is 1.79. The highest BCUT2D eigenvalue weighted by Gasteiger charge is 2.26. The van der Waals surface area contributed by atoms with Crippen LogP contribution in [0.15, 0.2) is 12.4 Å². The molecule has 0 radical (unpaired) electrons. The summed E-state index contributed by atoms with van der Waals surface area (Å²) in [4.78, 5) is 11.8. The maximum atomic E-state index is 11.8. The molecule has 4 nitrogen and oxygen atoms in total. The van der Waals surface area contributed by atoms with E-state index in [0.717, 1.165) is 0 Å². The summed E-state index contributed by atoms with van der Waals surface area (Å²) in [5.41, 5.74) is 0.137. The summed E-state index contributed by atoms with van der Waals surface area (Å²) >= 11 is 5.73. The summed E-state index contributed by atoms with van der Waals surface area (Å²) in [6.45, 7) is 7.67. The molecule has 1 rings (SSSR count). The normalized spacial score (nSPS) is 11.9. The van der Waals surface area contributed by atoms with Crippen molar-refractivity contribution in [3.63, 3.8) is 0 Å². The average Bonchev–Trinajstić information content (AvgIpc) is 2.66. The Balaban J connectivity index is 2.70. The molecule has 1 aromatic heterocycles. The maximum absolute atomic E-state index is 11.8. The van der Waals surface area contributed by atoms with Crippen molar-refractivity contribution in [3.8, 4) is 0 Å². The fourth-order valence-electron chi connectivity index (χ4n) is 1.05. The highest BCUT2D eigenvalue weighted by atomic mass is 35.5. The smallest absolute Gasteiger partial charge is 0.231 e. The monoisotopic (exact) mass is 243 g/mol. The van der Waals surface area contributed by atoms with Gasteiger partial charge in [-0.15, -0.1) is 11.6 Å². The Morgan fingerprint density at radius 3 is 2.69 bits per heavy atom. The number of halogens is 1. The fraction of sp³-hybridized carbons (Fsp3) is 0.636. The first-order valence-electron chi connectivity index (χ1n) is 5.28. The standard InChI is InChI=1S/C11H18ClN3O/c1-8(2)15-6-9(5-13-15)14-10(16)11(3,4)7-12/h5-6,8H,7H2,1-4H3,(H,14,16). The zero-order valence-corrected chi connectivity index (χ0v) is 10.9. The fourth-order valence-corrected chi connectivity index (χ4v) is 1.17. The number of nitrogens with zero attached hydrogens (tertiary/aromatic N) is 2. The Morgan fingerprint density at radius 1 is 1.62 bits per heavy atom. The van der Waals surface area contributed by atoms with Gasteiger partial charge in [0.05, 0.1) is 17.3 Å². The third kappa shape index (κ3) is 2.98. The minimum Gasteiger partial charge on any atom is -0.323 e. The first-order chi connectivity index (χ1) is 7.36. The van der Waals surface area contributed by atoms with Gasteiger partial charge < -0.3 is 5.32 Å². The van der Waals surface area contributed by atoms with Crippen molar-refractivity contribution in [1.29, 1.82) is 0 Å². The van der Waals surface area contributed by atoms with Gasteiger partial charge in [-0.1, -0.05) is 0 Å². The lowest BCUT2D eigenvalue weighted by molar-refractivity contribution is -0.122. The van der Waals surface area contributed by atoms with Crippen LogP contribution in [-0.4, -0.2) is 21.6 Å². The van der Waals surface area contributed by atoms with Crippen molar-refractivity contribution in [1.82, 2.24) is 9.78 Å². The van der Waals surface area contributed by atoms with Crippen LogP contribution in [0, 0.1) is 5.41 Å². The van der Waals surface area contributed by atoms with Crippen LogP contribution in [0.25, 0.3) is 0 Å². The lowest BCUT2D eigenvalue weighted by atomic mass is 9.95. The molecule has 0 aliphatic carbocycles. The second-order valence-electron chi connectivity index (χ2n) is 4.77. The van der Waals surface area contributed by atoms with Gasteiger partial charge in [0.2, 0.25) is 5.91 Å². The van der Waals surface area contributed by atoms with Crippen LogP contribution in [0.5, 0.6) is 0 Å². The predicted molar refractivity (Wildman–Crippen MR) is 65.7 cm³/mol. The molecule has 0 fully saturated rings. The van der Waals surface area contributed by atoms with Crippen molar-refractivity contribution < 1.29 is 4.79 Å². The first kappa shape index (κ1) is 13.0. The van der Waals surface area contributed by atoms with Gasteiger partial charge in [-0.3, -0.25) is 9.48 Å². The molecule has 16 heavy (non-hydrogen) atoms. The third-order valence-electron chi connectivity index (χ3n) is 2.34. The molecular formula is C11H18ClN3O. The summed E-state index contributed by atoms with van der Waals surface area (Å²) in [5.74, 6) is 0.197. The number of rotatable bonds is 4. The number of hydrogen-bond acceptors (Lipinski definition) is 2. The zero-order valence-electron chi connectivity index (χ0n) is 10.1. The topological polar surface area (TPSA) is 46.9 Å². The maximum Gasteiger partial charge on any atom is 0.231 e. The summed E-state index contributed by atoms with van der Waals surface area (Å²) in [5, 5.41) is 6.95. The quantitative estimate of drug-likeness (QED) is 0.827. The zero-order chi connectivity index (χ0) is 12.3. The van der Waals surface area contributed by atoms with E-state index in [1.54, 1.807) is 10.9 Å². The Labute approximate surface area is 101 Å². The molecule has 1 amide bonds. The van der Waals surface area contributed by atoms with Gasteiger partial charge in [0.1, 0.15) is 0 Å². The van der Waals surface area contributed by atoms with Crippen LogP contribution in [0.3, 0.4) is 0 Å². The largest absolute Gasteiger partial charge is 0.323 e. The number of carbonyl (C=O) groups excluding carboxylic acids is 1. The van der Waals surface area contributed by atoms with E-state index in [1.165, 1.54) is 0 Å². The van der Waals surface area contributed by atoms with Gasteiger partial charge in [0, 0.05) is 18.1 Å². The molecule has 90 valence electrons. The number of hydrogen-bond donors (Lipinski definition) is 1. The van der Waals surface area contributed by atoms with Crippen LogP contribution in [0.2, 0.25) is 0 Å². The Kier molecular flexibility index (Phi) is 3.97. The molecule has 0 aliphatic heterocycles. The van der Waals surface area contributed by atoms with Crippen molar-refractivity contribution in [2.75, 3.05) is 11.2 Å². The molecule has 0 atom stereocenters. The average molecular weight is 244 g/mol. The SMILES string of the molecule is CC(C)n1cc(NC(=O)C(C)(C)CCl)cn1. The van der Waals surface area contributed by atoms with E-state index in [2.05, 4.69) is 10.4 Å². The molecule has 1 N–H and O–H groups in total. The van der Waals surface area contributed by atoms with E-state index < -0.39 is 5.41 Å². The Bertz CT molecular complexity index is 371. The molecule has 0 saturated carbocycles. The van der Waals surface area contributed by atoms with Crippen LogP contribution >= 0.6 is 11.6 Å². The highest BCUT2D eigenvalue weighted by molar-refractivity contribution is 6.20. The molecule has 5 heteroatoms. The molecule has 0 unspecified atom stereocenters. The van der Waals surface area contributed by atoms with Crippen molar-refractivity contribution in [2.24, 2.45) is 5.41 Å². The van der Waals surface area contributed by atoms with Crippen molar-refractivity contribution in [3.05, 3.63) is 12.4 Å². The van der Waals surface area contributed by atoms with Crippen LogP contribution in [0.4, 0.5) is 5.69 Å². The number of carbonyl (C=O) groups is 1. The van der Waals surface area contributed by atoms with Gasteiger partial charge in [-0.2, -0.15) is 5.10 Å². The molecule has 1 heterocycles. The summed E-state index contributed by atoms with van der Waals surface area (Å²) in [6, 6.07) is 0.284. The van der Waals surface area contributed by atoms with Gasteiger partial charge in [0.15, 0.2) is 0 Å². The predicted octanol–water partition coefficient (Wildman–Crippen LogP) is 2.67. The number of alkyl halides is 1. The molecule has 0 bridgehead atoms. The molecule has 0 aromatic carbocycles. The Morgan fingerprint density at radius 2 is 2.25 bits per heavy atom. The van der Waals surface area contributed by atoms with E-state index in [1.807, 2.05) is 33.9 Å². The second-order valence-corrected chi connectivity index (χ2v) is 5.04. The number of amides is 1. The van der Waals surface area contributed by atoms with Crippen molar-refractivity contribution in [2.45, 2.75) is 33.7 Å². The van der Waals surface area contributed by atoms with Gasteiger partial charge in [0.25, 0.3) is 0 Å². The van der Waals surface area contributed by atoms with E-state index >= 15 is 0 Å². The minimum absolute atomic E-state index is 0.0918. The summed E-state index contributed by atoms with van der Waals surface area (Å²) in [7, 11) is 0. The number of anilines is 1. The molecule has 1 aromatic rings. The van der Waals surface area contributed by atoms with E-state index in [-0.39, 0.29) is 17.8 Å². The van der Waals surface area contributed by atoms with Crippen LogP contribution in [0.1, 0.15) is 33.7 Å². The number of nitrogens with one attached hydrogen (secondary N) is 1. The molecular weight excluding hydrogens is 226 g/mol.